The van der Waals surface area contributed by atoms with E-state index in [9.17, 15) is 9.18 Å². The van der Waals surface area contributed by atoms with Crippen LogP contribution in [0.15, 0.2) is 54.7 Å². The highest BCUT2D eigenvalue weighted by atomic mass is 19.1. The lowest BCUT2D eigenvalue weighted by Crippen LogP contribution is -2.24. The summed E-state index contributed by atoms with van der Waals surface area (Å²) in [5, 5.41) is 7.32. The first-order chi connectivity index (χ1) is 13.5. The second-order valence-electron chi connectivity index (χ2n) is 6.92. The molecule has 0 fully saturated rings. The van der Waals surface area contributed by atoms with Gasteiger partial charge in [-0.15, -0.1) is 0 Å². The van der Waals surface area contributed by atoms with Crippen molar-refractivity contribution in [1.29, 1.82) is 0 Å². The lowest BCUT2D eigenvalue weighted by Gasteiger charge is -2.13. The van der Waals surface area contributed by atoms with Crippen molar-refractivity contribution in [3.63, 3.8) is 0 Å². The zero-order valence-corrected chi connectivity index (χ0v) is 16.3. The third kappa shape index (κ3) is 4.46. The van der Waals surface area contributed by atoms with Gasteiger partial charge in [0.1, 0.15) is 5.82 Å². The average Bonchev–Trinajstić information content (AvgIpc) is 3.13. The summed E-state index contributed by atoms with van der Waals surface area (Å²) in [6, 6.07) is 14.0. The van der Waals surface area contributed by atoms with Crippen LogP contribution < -0.4 is 5.32 Å². The first kappa shape index (κ1) is 19.8. The molecule has 3 rings (SSSR count). The van der Waals surface area contributed by atoms with Gasteiger partial charge in [-0.25, -0.2) is 9.07 Å². The fourth-order valence-electron chi connectivity index (χ4n) is 3.07. The predicted octanol–water partition coefficient (Wildman–Crippen LogP) is 4.21. The molecule has 1 N–H and O–H groups in total. The summed E-state index contributed by atoms with van der Waals surface area (Å²) in [4.78, 5) is 12.8. The van der Waals surface area contributed by atoms with E-state index < -0.39 is 0 Å². The maximum absolute atomic E-state index is 13.2. The molecule has 0 saturated heterocycles. The van der Waals surface area contributed by atoms with Crippen molar-refractivity contribution in [2.45, 2.75) is 32.9 Å². The van der Waals surface area contributed by atoms with Crippen LogP contribution in [0.5, 0.6) is 0 Å². The Balaban J connectivity index is 1.77. The molecule has 1 heterocycles. The molecule has 146 valence electrons. The van der Waals surface area contributed by atoms with E-state index >= 15 is 0 Å². The topological polar surface area (TPSA) is 56.1 Å². The van der Waals surface area contributed by atoms with Crippen LogP contribution in [-0.4, -0.2) is 22.8 Å². The molecule has 0 radical (unpaired) electrons. The zero-order valence-electron chi connectivity index (χ0n) is 16.3. The number of carbonyl (C=O) groups excluding carboxylic acids is 1. The fourth-order valence-corrected chi connectivity index (χ4v) is 3.07. The molecule has 6 heteroatoms. The number of carbonyl (C=O) groups is 1. The molecule has 1 aromatic heterocycles. The van der Waals surface area contributed by atoms with Crippen LogP contribution in [0.25, 0.3) is 5.69 Å². The maximum atomic E-state index is 13.2. The Labute approximate surface area is 164 Å². The van der Waals surface area contributed by atoms with E-state index in [-0.39, 0.29) is 17.6 Å². The standard InChI is InChI=1S/C22H24FN3O2/c1-15(2)21-20(13-25-26(21)19-10-8-18(23)9-11-19)22(27)24-12-16-4-6-17(7-5-16)14-28-3/h4-11,13,15H,12,14H2,1-3H3,(H,24,27). The van der Waals surface area contributed by atoms with E-state index in [1.54, 1.807) is 30.1 Å². The Bertz CT molecular complexity index is 931. The van der Waals surface area contributed by atoms with Gasteiger partial charge < -0.3 is 10.1 Å². The summed E-state index contributed by atoms with van der Waals surface area (Å²) in [7, 11) is 1.66. The van der Waals surface area contributed by atoms with E-state index in [0.29, 0.717) is 18.7 Å². The van der Waals surface area contributed by atoms with E-state index in [4.69, 9.17) is 4.74 Å². The minimum Gasteiger partial charge on any atom is -0.380 e. The van der Waals surface area contributed by atoms with Gasteiger partial charge in [-0.3, -0.25) is 4.79 Å². The van der Waals surface area contributed by atoms with Crippen molar-refractivity contribution in [2.75, 3.05) is 7.11 Å². The molecule has 0 atom stereocenters. The Kier molecular flexibility index (Phi) is 6.21. The second-order valence-corrected chi connectivity index (χ2v) is 6.92. The molecule has 0 aliphatic carbocycles. The minimum absolute atomic E-state index is 0.0710. The highest BCUT2D eigenvalue weighted by Gasteiger charge is 2.20. The Hall–Kier alpha value is -2.99. The molecule has 0 unspecified atom stereocenters. The van der Waals surface area contributed by atoms with Crippen molar-refractivity contribution >= 4 is 5.91 Å². The van der Waals surface area contributed by atoms with Gasteiger partial charge in [0.15, 0.2) is 0 Å². The van der Waals surface area contributed by atoms with Gasteiger partial charge >= 0.3 is 0 Å². The smallest absolute Gasteiger partial charge is 0.255 e. The Morgan fingerprint density at radius 1 is 1.11 bits per heavy atom. The van der Waals surface area contributed by atoms with Gasteiger partial charge in [-0.1, -0.05) is 38.1 Å². The van der Waals surface area contributed by atoms with Crippen LogP contribution in [0.3, 0.4) is 0 Å². The van der Waals surface area contributed by atoms with Crippen LogP contribution in [0.1, 0.15) is 46.9 Å². The zero-order chi connectivity index (χ0) is 20.1. The number of ether oxygens (including phenoxy) is 1. The number of rotatable bonds is 7. The number of nitrogens with one attached hydrogen (secondary N) is 1. The normalized spacial score (nSPS) is 11.0. The monoisotopic (exact) mass is 381 g/mol. The first-order valence-electron chi connectivity index (χ1n) is 9.18. The van der Waals surface area contributed by atoms with Crippen molar-refractivity contribution in [3.8, 4) is 5.69 Å². The quantitative estimate of drug-likeness (QED) is 0.667. The van der Waals surface area contributed by atoms with Gasteiger partial charge in [-0.2, -0.15) is 5.10 Å². The van der Waals surface area contributed by atoms with Crippen molar-refractivity contribution in [2.24, 2.45) is 0 Å². The number of halogens is 1. The van der Waals surface area contributed by atoms with E-state index in [0.717, 1.165) is 22.5 Å². The molecule has 0 bridgehead atoms. The molecular formula is C22H24FN3O2. The summed E-state index contributed by atoms with van der Waals surface area (Å²) in [5.74, 6) is -0.420. The SMILES string of the molecule is COCc1ccc(CNC(=O)c2cnn(-c3ccc(F)cc3)c2C(C)C)cc1. The van der Waals surface area contributed by atoms with Gasteiger partial charge in [-0.05, 0) is 41.3 Å². The number of hydrogen-bond acceptors (Lipinski definition) is 3. The Morgan fingerprint density at radius 3 is 2.36 bits per heavy atom. The number of hydrogen-bond donors (Lipinski definition) is 1. The van der Waals surface area contributed by atoms with E-state index in [1.165, 1.54) is 12.1 Å². The molecule has 0 saturated carbocycles. The molecule has 3 aromatic rings. The minimum atomic E-state index is -0.309. The highest BCUT2D eigenvalue weighted by molar-refractivity contribution is 5.95. The molecule has 1 amide bonds. The summed E-state index contributed by atoms with van der Waals surface area (Å²) >= 11 is 0. The number of amides is 1. The summed E-state index contributed by atoms with van der Waals surface area (Å²) in [6.45, 7) is 4.99. The van der Waals surface area contributed by atoms with E-state index in [1.807, 2.05) is 38.1 Å². The van der Waals surface area contributed by atoms with Crippen LogP contribution in [-0.2, 0) is 17.9 Å². The van der Waals surface area contributed by atoms with Crippen LogP contribution in [0, 0.1) is 5.82 Å². The van der Waals surface area contributed by atoms with Crippen LogP contribution in [0.2, 0.25) is 0 Å². The van der Waals surface area contributed by atoms with Crippen LogP contribution in [0.4, 0.5) is 4.39 Å². The van der Waals surface area contributed by atoms with Gasteiger partial charge in [0.05, 0.1) is 29.7 Å². The number of aromatic nitrogens is 2. The lowest BCUT2D eigenvalue weighted by molar-refractivity contribution is 0.0949. The molecule has 0 spiro atoms. The average molecular weight is 381 g/mol. The molecule has 0 aliphatic rings. The first-order valence-corrected chi connectivity index (χ1v) is 9.18. The molecular weight excluding hydrogens is 357 g/mol. The number of nitrogens with zero attached hydrogens (tertiary/aromatic N) is 2. The van der Waals surface area contributed by atoms with Gasteiger partial charge in [0, 0.05) is 13.7 Å². The number of benzene rings is 2. The third-order valence-electron chi connectivity index (χ3n) is 4.46. The van der Waals surface area contributed by atoms with Crippen molar-refractivity contribution < 1.29 is 13.9 Å². The molecule has 2 aromatic carbocycles. The lowest BCUT2D eigenvalue weighted by atomic mass is 10.0. The van der Waals surface area contributed by atoms with E-state index in [2.05, 4.69) is 10.4 Å². The van der Waals surface area contributed by atoms with Crippen molar-refractivity contribution in [3.05, 3.63) is 82.9 Å². The third-order valence-corrected chi connectivity index (χ3v) is 4.46. The van der Waals surface area contributed by atoms with Gasteiger partial charge in [0.25, 0.3) is 5.91 Å². The number of methoxy groups -OCH3 is 1. The molecule has 5 nitrogen and oxygen atoms in total. The molecule has 0 aliphatic heterocycles. The highest BCUT2D eigenvalue weighted by Crippen LogP contribution is 2.23. The summed E-state index contributed by atoms with van der Waals surface area (Å²) in [5.41, 5.74) is 4.12. The predicted molar refractivity (Wildman–Crippen MR) is 106 cm³/mol. The maximum Gasteiger partial charge on any atom is 0.255 e. The summed E-state index contributed by atoms with van der Waals surface area (Å²) in [6.07, 6.45) is 1.57. The molecule has 28 heavy (non-hydrogen) atoms. The second kappa shape index (κ2) is 8.80. The summed E-state index contributed by atoms with van der Waals surface area (Å²) < 4.78 is 20.0. The Morgan fingerprint density at radius 2 is 1.75 bits per heavy atom. The largest absolute Gasteiger partial charge is 0.380 e. The van der Waals surface area contributed by atoms with Gasteiger partial charge in [0.2, 0.25) is 0 Å². The van der Waals surface area contributed by atoms with Crippen molar-refractivity contribution in [1.82, 2.24) is 15.1 Å². The van der Waals surface area contributed by atoms with Crippen LogP contribution >= 0.6 is 0 Å². The fraction of sp³-hybridized carbons (Fsp3) is 0.273.